The van der Waals surface area contributed by atoms with Crippen molar-refractivity contribution >= 4 is 18.3 Å². The zero-order valence-electron chi connectivity index (χ0n) is 17.1. The molecular formula is C21H35ClN2O3. The number of likely N-dealkylation sites (N-methyl/N-ethyl adjacent to an activating group) is 1. The van der Waals surface area contributed by atoms with E-state index in [0.29, 0.717) is 25.5 Å². The van der Waals surface area contributed by atoms with Gasteiger partial charge in [0.05, 0.1) is 7.11 Å². The number of ether oxygens (including phenoxy) is 2. The van der Waals surface area contributed by atoms with Crippen molar-refractivity contribution in [3.8, 4) is 11.5 Å². The molecule has 0 heterocycles. The number of halogens is 1. The quantitative estimate of drug-likeness (QED) is 0.689. The van der Waals surface area contributed by atoms with Gasteiger partial charge >= 0.3 is 0 Å². The molecule has 0 atom stereocenters. The fourth-order valence-corrected chi connectivity index (χ4v) is 3.29. The van der Waals surface area contributed by atoms with Crippen LogP contribution in [0.3, 0.4) is 0 Å². The molecule has 27 heavy (non-hydrogen) atoms. The van der Waals surface area contributed by atoms with E-state index in [9.17, 15) is 4.79 Å². The molecule has 1 aromatic rings. The third-order valence-electron chi connectivity index (χ3n) is 5.05. The number of carbonyl (C=O) groups excluding carboxylic acids is 1. The molecule has 1 saturated carbocycles. The summed E-state index contributed by atoms with van der Waals surface area (Å²) in [7, 11) is 5.68. The summed E-state index contributed by atoms with van der Waals surface area (Å²) >= 11 is 0. The number of nitrogens with one attached hydrogen (secondary N) is 1. The Balaban J connectivity index is 0.00000364. The number of benzene rings is 1. The number of rotatable bonds is 9. The van der Waals surface area contributed by atoms with Crippen molar-refractivity contribution in [3.05, 3.63) is 23.8 Å². The zero-order valence-corrected chi connectivity index (χ0v) is 17.9. The molecule has 0 saturated heterocycles. The van der Waals surface area contributed by atoms with Crippen LogP contribution in [-0.2, 0) is 11.2 Å². The van der Waals surface area contributed by atoms with E-state index in [0.717, 1.165) is 42.4 Å². The van der Waals surface area contributed by atoms with Crippen LogP contribution >= 0.6 is 12.4 Å². The molecule has 1 N–H and O–H groups in total. The highest BCUT2D eigenvalue weighted by atomic mass is 35.5. The van der Waals surface area contributed by atoms with Gasteiger partial charge < -0.3 is 19.7 Å². The number of hydrogen-bond acceptors (Lipinski definition) is 4. The van der Waals surface area contributed by atoms with Crippen LogP contribution in [0.5, 0.6) is 11.5 Å². The summed E-state index contributed by atoms with van der Waals surface area (Å²) in [5.74, 6) is 2.42. The Bertz CT molecular complexity index is 573. The summed E-state index contributed by atoms with van der Waals surface area (Å²) in [5.41, 5.74) is 1.09. The van der Waals surface area contributed by atoms with Gasteiger partial charge in [-0.05, 0) is 69.8 Å². The fourth-order valence-electron chi connectivity index (χ4n) is 3.29. The molecule has 5 nitrogen and oxygen atoms in total. The molecular weight excluding hydrogens is 364 g/mol. The Morgan fingerprint density at radius 3 is 2.52 bits per heavy atom. The summed E-state index contributed by atoms with van der Waals surface area (Å²) in [5, 5.41) is 3.19. The second-order valence-electron chi connectivity index (χ2n) is 7.66. The van der Waals surface area contributed by atoms with Crippen LogP contribution in [0, 0.1) is 5.92 Å². The molecule has 0 spiro atoms. The highest BCUT2D eigenvalue weighted by Gasteiger charge is 2.19. The lowest BCUT2D eigenvalue weighted by atomic mass is 9.87. The van der Waals surface area contributed by atoms with Gasteiger partial charge in [-0.15, -0.1) is 12.4 Å². The minimum absolute atomic E-state index is 0. The number of carbonyl (C=O) groups is 1. The highest BCUT2D eigenvalue weighted by molar-refractivity contribution is 5.85. The molecule has 1 amide bonds. The predicted octanol–water partition coefficient (Wildman–Crippen LogP) is 3.68. The van der Waals surface area contributed by atoms with Crippen LogP contribution in [0.2, 0.25) is 0 Å². The highest BCUT2D eigenvalue weighted by Crippen LogP contribution is 2.28. The first-order valence-corrected chi connectivity index (χ1v) is 9.71. The first-order chi connectivity index (χ1) is 12.5. The number of nitrogens with zero attached hydrogens (tertiary/aromatic N) is 1. The molecule has 0 aromatic heterocycles. The average Bonchev–Trinajstić information content (AvgIpc) is 2.62. The summed E-state index contributed by atoms with van der Waals surface area (Å²) in [6, 6.07) is 6.29. The molecule has 154 valence electrons. The number of amides is 1. The summed E-state index contributed by atoms with van der Waals surface area (Å²) in [6.07, 6.45) is 5.88. The topological polar surface area (TPSA) is 50.8 Å². The maximum Gasteiger partial charge on any atom is 0.220 e. The van der Waals surface area contributed by atoms with Crippen LogP contribution in [0.1, 0.15) is 44.6 Å². The molecule has 0 unspecified atom stereocenters. The lowest BCUT2D eigenvalue weighted by Gasteiger charge is -2.26. The molecule has 1 aliphatic carbocycles. The molecule has 1 aliphatic rings. The van der Waals surface area contributed by atoms with Crippen molar-refractivity contribution in [2.75, 3.05) is 34.4 Å². The van der Waals surface area contributed by atoms with Crippen molar-refractivity contribution < 1.29 is 14.3 Å². The van der Waals surface area contributed by atoms with Gasteiger partial charge in [-0.1, -0.05) is 13.0 Å². The monoisotopic (exact) mass is 398 g/mol. The molecule has 1 fully saturated rings. The maximum absolute atomic E-state index is 12.2. The van der Waals surface area contributed by atoms with Gasteiger partial charge in [0, 0.05) is 19.0 Å². The van der Waals surface area contributed by atoms with E-state index < -0.39 is 0 Å². The van der Waals surface area contributed by atoms with E-state index in [4.69, 9.17) is 9.47 Å². The Hall–Kier alpha value is -1.46. The van der Waals surface area contributed by atoms with Crippen LogP contribution in [0.15, 0.2) is 18.2 Å². The minimum Gasteiger partial charge on any atom is -0.493 e. The lowest BCUT2D eigenvalue weighted by molar-refractivity contribution is -0.122. The van der Waals surface area contributed by atoms with Gasteiger partial charge in [0.15, 0.2) is 11.5 Å². The Morgan fingerprint density at radius 2 is 1.89 bits per heavy atom. The van der Waals surface area contributed by atoms with Crippen LogP contribution < -0.4 is 14.8 Å². The minimum atomic E-state index is 0. The lowest BCUT2D eigenvalue weighted by Crippen LogP contribution is -2.37. The maximum atomic E-state index is 12.2. The van der Waals surface area contributed by atoms with Crippen LogP contribution in [0.25, 0.3) is 0 Å². The molecule has 0 bridgehead atoms. The standard InChI is InChI=1S/C21H34N2O3.ClH/c1-16-5-9-18(10-6-16)22-21(24)12-8-17-7-11-19(20(15-17)25-4)26-14-13-23(2)3;/h7,11,15-16,18H,5-6,8-10,12-14H2,1-4H3,(H,22,24);1H/t16-,18-;. The van der Waals surface area contributed by atoms with Gasteiger partial charge in [0.1, 0.15) is 6.61 Å². The zero-order chi connectivity index (χ0) is 18.9. The SMILES string of the molecule is COc1cc(CCC(=O)N[C@H]2CC[C@H](C)CC2)ccc1OCCN(C)C.Cl. The van der Waals surface area contributed by atoms with E-state index in [1.807, 2.05) is 32.3 Å². The van der Waals surface area contributed by atoms with E-state index in [2.05, 4.69) is 17.1 Å². The first kappa shape index (κ1) is 23.6. The first-order valence-electron chi connectivity index (χ1n) is 9.71. The fraction of sp³-hybridized carbons (Fsp3) is 0.667. The van der Waals surface area contributed by atoms with Crippen molar-refractivity contribution in [2.24, 2.45) is 5.92 Å². The van der Waals surface area contributed by atoms with Crippen LogP contribution in [0.4, 0.5) is 0 Å². The van der Waals surface area contributed by atoms with Crippen molar-refractivity contribution in [3.63, 3.8) is 0 Å². The van der Waals surface area contributed by atoms with Gasteiger partial charge in [-0.25, -0.2) is 0 Å². The molecule has 2 rings (SSSR count). The number of methoxy groups -OCH3 is 1. The van der Waals surface area contributed by atoms with E-state index in [-0.39, 0.29) is 18.3 Å². The second kappa shape index (κ2) is 12.1. The van der Waals surface area contributed by atoms with Gasteiger partial charge in [0.25, 0.3) is 0 Å². The van der Waals surface area contributed by atoms with Gasteiger partial charge in [0.2, 0.25) is 5.91 Å². The molecule has 0 radical (unpaired) electrons. The largest absolute Gasteiger partial charge is 0.493 e. The Labute approximate surface area is 170 Å². The summed E-state index contributed by atoms with van der Waals surface area (Å²) in [6.45, 7) is 3.76. The molecule has 0 aliphatic heterocycles. The van der Waals surface area contributed by atoms with Crippen LogP contribution in [-0.4, -0.2) is 51.2 Å². The normalized spacial score (nSPS) is 19.3. The number of aryl methyl sites for hydroxylation is 1. The average molecular weight is 399 g/mol. The predicted molar refractivity (Wildman–Crippen MR) is 112 cm³/mol. The van der Waals surface area contributed by atoms with Crippen molar-refractivity contribution in [1.82, 2.24) is 10.2 Å². The van der Waals surface area contributed by atoms with Gasteiger partial charge in [-0.2, -0.15) is 0 Å². The second-order valence-corrected chi connectivity index (χ2v) is 7.66. The molecule has 6 heteroatoms. The third kappa shape index (κ3) is 8.39. The van der Waals surface area contributed by atoms with Crippen molar-refractivity contribution in [2.45, 2.75) is 51.5 Å². The smallest absolute Gasteiger partial charge is 0.220 e. The van der Waals surface area contributed by atoms with Crippen molar-refractivity contribution in [1.29, 1.82) is 0 Å². The Kier molecular flexibility index (Phi) is 10.6. The number of hydrogen-bond donors (Lipinski definition) is 1. The summed E-state index contributed by atoms with van der Waals surface area (Å²) < 4.78 is 11.2. The van der Waals surface area contributed by atoms with Gasteiger partial charge in [-0.3, -0.25) is 4.79 Å². The molecule has 1 aromatic carbocycles. The van der Waals surface area contributed by atoms with E-state index in [1.54, 1.807) is 7.11 Å². The third-order valence-corrected chi connectivity index (χ3v) is 5.05. The van der Waals surface area contributed by atoms with E-state index >= 15 is 0 Å². The summed E-state index contributed by atoms with van der Waals surface area (Å²) in [4.78, 5) is 14.3. The van der Waals surface area contributed by atoms with E-state index in [1.165, 1.54) is 12.8 Å². The Morgan fingerprint density at radius 1 is 1.19 bits per heavy atom.